The molecule has 1 unspecified atom stereocenters. The van der Waals surface area contributed by atoms with Crippen molar-refractivity contribution in [3.63, 3.8) is 0 Å². The van der Waals surface area contributed by atoms with Crippen molar-refractivity contribution in [3.05, 3.63) is 23.8 Å². The Labute approximate surface area is 159 Å². The van der Waals surface area contributed by atoms with Crippen molar-refractivity contribution in [1.29, 1.82) is 5.41 Å². The van der Waals surface area contributed by atoms with Gasteiger partial charge in [0.2, 0.25) is 11.8 Å². The van der Waals surface area contributed by atoms with Crippen molar-refractivity contribution in [2.24, 2.45) is 11.3 Å². The molecule has 1 aromatic rings. The standard InChI is InChI=1S/C20H27N5O2/c1-22-16-10-13(25-11-20(12-25)6-8-23-9-7-20)2-3-14(16)18(21)15-4-5-17(26)24-19(15)27/h2-3,10,15,21-23H,4-9,11-12H2,1H3,(H,24,26,27). The van der Waals surface area contributed by atoms with Crippen LogP contribution in [0.3, 0.4) is 0 Å². The van der Waals surface area contributed by atoms with Gasteiger partial charge in [-0.1, -0.05) is 0 Å². The Hall–Kier alpha value is -2.41. The maximum absolute atomic E-state index is 12.1. The minimum absolute atomic E-state index is 0.252. The third-order valence-electron chi connectivity index (χ3n) is 6.23. The number of imide groups is 1. The van der Waals surface area contributed by atoms with Crippen LogP contribution in [0.1, 0.15) is 31.2 Å². The minimum atomic E-state index is -0.567. The van der Waals surface area contributed by atoms with Crippen molar-refractivity contribution in [1.82, 2.24) is 10.6 Å². The average Bonchev–Trinajstić information content (AvgIpc) is 2.65. The number of hydrogen-bond donors (Lipinski definition) is 4. The molecule has 0 aliphatic carbocycles. The van der Waals surface area contributed by atoms with Gasteiger partial charge < -0.3 is 20.9 Å². The lowest BCUT2D eigenvalue weighted by Crippen LogP contribution is -2.60. The van der Waals surface area contributed by atoms with E-state index in [1.807, 2.05) is 19.2 Å². The van der Waals surface area contributed by atoms with Gasteiger partial charge in [-0.3, -0.25) is 14.9 Å². The van der Waals surface area contributed by atoms with Crippen LogP contribution in [0, 0.1) is 16.7 Å². The lowest BCUT2D eigenvalue weighted by atomic mass is 9.72. The first-order valence-corrected chi connectivity index (χ1v) is 9.71. The predicted octanol–water partition coefficient (Wildman–Crippen LogP) is 1.34. The summed E-state index contributed by atoms with van der Waals surface area (Å²) in [5.74, 6) is -1.18. The van der Waals surface area contributed by atoms with E-state index in [1.165, 1.54) is 12.8 Å². The quantitative estimate of drug-likeness (QED) is 0.474. The maximum Gasteiger partial charge on any atom is 0.235 e. The first kappa shape index (κ1) is 18.0. The Morgan fingerprint density at radius 3 is 2.67 bits per heavy atom. The van der Waals surface area contributed by atoms with Crippen molar-refractivity contribution in [3.8, 4) is 0 Å². The van der Waals surface area contributed by atoms with E-state index < -0.39 is 5.92 Å². The van der Waals surface area contributed by atoms with Crippen LogP contribution in [-0.2, 0) is 9.59 Å². The van der Waals surface area contributed by atoms with E-state index in [0.29, 0.717) is 11.8 Å². The normalized spacial score (nSPS) is 24.3. The molecule has 0 saturated carbocycles. The van der Waals surface area contributed by atoms with Gasteiger partial charge in [0.25, 0.3) is 0 Å². The molecular formula is C20H27N5O2. The number of amides is 2. The summed E-state index contributed by atoms with van der Waals surface area (Å²) < 4.78 is 0. The third-order valence-corrected chi connectivity index (χ3v) is 6.23. The van der Waals surface area contributed by atoms with E-state index in [9.17, 15) is 9.59 Å². The van der Waals surface area contributed by atoms with Crippen LogP contribution in [0.4, 0.5) is 11.4 Å². The van der Waals surface area contributed by atoms with Crippen molar-refractivity contribution in [2.45, 2.75) is 25.7 Å². The fraction of sp³-hybridized carbons (Fsp3) is 0.550. The highest BCUT2D eigenvalue weighted by molar-refractivity contribution is 6.17. The highest BCUT2D eigenvalue weighted by atomic mass is 16.2. The zero-order valence-corrected chi connectivity index (χ0v) is 15.7. The smallest absolute Gasteiger partial charge is 0.235 e. The molecule has 4 N–H and O–H groups in total. The number of benzene rings is 1. The molecule has 0 aromatic heterocycles. The Kier molecular flexibility index (Phi) is 4.63. The topological polar surface area (TPSA) is 97.3 Å². The van der Waals surface area contributed by atoms with Gasteiger partial charge in [0.1, 0.15) is 0 Å². The largest absolute Gasteiger partial charge is 0.388 e. The Morgan fingerprint density at radius 2 is 2.00 bits per heavy atom. The van der Waals surface area contributed by atoms with Gasteiger partial charge in [0.15, 0.2) is 0 Å². The summed E-state index contributed by atoms with van der Waals surface area (Å²) >= 11 is 0. The SMILES string of the molecule is CNc1cc(N2CC3(CCNCC3)C2)ccc1C(=N)C1CCC(=O)NC1=O. The summed E-state index contributed by atoms with van der Waals surface area (Å²) in [5, 5.41) is 17.5. The van der Waals surface area contributed by atoms with E-state index in [1.54, 1.807) is 0 Å². The molecule has 4 rings (SSSR count). The van der Waals surface area contributed by atoms with Crippen LogP contribution in [-0.4, -0.2) is 50.8 Å². The first-order chi connectivity index (χ1) is 13.0. The molecule has 27 heavy (non-hydrogen) atoms. The summed E-state index contributed by atoms with van der Waals surface area (Å²) in [6.45, 7) is 4.39. The third kappa shape index (κ3) is 3.32. The van der Waals surface area contributed by atoms with Crippen molar-refractivity contribution < 1.29 is 9.59 Å². The van der Waals surface area contributed by atoms with Crippen LogP contribution in [0.2, 0.25) is 0 Å². The van der Waals surface area contributed by atoms with Gasteiger partial charge in [-0.05, 0) is 50.6 Å². The molecule has 3 aliphatic heterocycles. The fourth-order valence-electron chi connectivity index (χ4n) is 4.55. The Balaban J connectivity index is 1.49. The van der Waals surface area contributed by atoms with E-state index in [4.69, 9.17) is 5.41 Å². The molecule has 0 bridgehead atoms. The molecule has 1 atom stereocenters. The van der Waals surface area contributed by atoms with Crippen molar-refractivity contribution >= 4 is 28.9 Å². The molecule has 1 aromatic carbocycles. The first-order valence-electron chi connectivity index (χ1n) is 9.71. The van der Waals surface area contributed by atoms with Crippen molar-refractivity contribution in [2.75, 3.05) is 43.4 Å². The average molecular weight is 369 g/mol. The van der Waals surface area contributed by atoms with Gasteiger partial charge in [0, 0.05) is 48.9 Å². The zero-order chi connectivity index (χ0) is 19.0. The van der Waals surface area contributed by atoms with E-state index >= 15 is 0 Å². The predicted molar refractivity (Wildman–Crippen MR) is 105 cm³/mol. The minimum Gasteiger partial charge on any atom is -0.388 e. The number of carbonyl (C=O) groups is 2. The summed E-state index contributed by atoms with van der Waals surface area (Å²) in [6, 6.07) is 6.05. The number of nitrogens with zero attached hydrogens (tertiary/aromatic N) is 1. The summed E-state index contributed by atoms with van der Waals surface area (Å²) in [5.41, 5.74) is 3.47. The molecule has 3 heterocycles. The zero-order valence-electron chi connectivity index (χ0n) is 15.7. The maximum atomic E-state index is 12.1. The summed E-state index contributed by atoms with van der Waals surface area (Å²) in [4.78, 5) is 25.9. The van der Waals surface area contributed by atoms with Gasteiger partial charge in [-0.15, -0.1) is 0 Å². The molecule has 3 aliphatic rings. The highest BCUT2D eigenvalue weighted by Crippen LogP contribution is 2.42. The van der Waals surface area contributed by atoms with Crippen LogP contribution < -0.4 is 20.9 Å². The number of rotatable bonds is 4. The van der Waals surface area contributed by atoms with Crippen LogP contribution in [0.5, 0.6) is 0 Å². The monoisotopic (exact) mass is 369 g/mol. The Morgan fingerprint density at radius 1 is 1.26 bits per heavy atom. The number of hydrogen-bond acceptors (Lipinski definition) is 6. The molecule has 0 radical (unpaired) electrons. The van der Waals surface area contributed by atoms with E-state index in [0.717, 1.165) is 43.1 Å². The summed E-state index contributed by atoms with van der Waals surface area (Å²) in [7, 11) is 1.84. The number of anilines is 2. The lowest BCUT2D eigenvalue weighted by molar-refractivity contribution is -0.134. The molecule has 2 amide bonds. The van der Waals surface area contributed by atoms with E-state index in [-0.39, 0.29) is 23.9 Å². The van der Waals surface area contributed by atoms with Gasteiger partial charge in [-0.25, -0.2) is 0 Å². The molecule has 3 fully saturated rings. The molecular weight excluding hydrogens is 342 g/mol. The fourth-order valence-corrected chi connectivity index (χ4v) is 4.55. The molecule has 7 heteroatoms. The second-order valence-electron chi connectivity index (χ2n) is 8.00. The molecule has 1 spiro atoms. The highest BCUT2D eigenvalue weighted by Gasteiger charge is 2.43. The van der Waals surface area contributed by atoms with Crippen LogP contribution in [0.25, 0.3) is 0 Å². The molecule has 144 valence electrons. The summed E-state index contributed by atoms with van der Waals surface area (Å²) in [6.07, 6.45) is 3.16. The second kappa shape index (κ2) is 6.96. The van der Waals surface area contributed by atoms with Crippen LogP contribution in [0.15, 0.2) is 18.2 Å². The van der Waals surface area contributed by atoms with Crippen LogP contribution >= 0.6 is 0 Å². The number of nitrogens with one attached hydrogen (secondary N) is 4. The number of piperidine rings is 2. The van der Waals surface area contributed by atoms with E-state index in [2.05, 4.69) is 26.9 Å². The second-order valence-corrected chi connectivity index (χ2v) is 8.00. The van der Waals surface area contributed by atoms with Gasteiger partial charge in [0.05, 0.1) is 11.6 Å². The van der Waals surface area contributed by atoms with Gasteiger partial charge in [-0.2, -0.15) is 0 Å². The lowest BCUT2D eigenvalue weighted by Gasteiger charge is -2.53. The van der Waals surface area contributed by atoms with Gasteiger partial charge >= 0.3 is 0 Å². The molecule has 3 saturated heterocycles. The molecule has 7 nitrogen and oxygen atoms in total. The number of carbonyl (C=O) groups excluding carboxylic acids is 2. The Bertz CT molecular complexity index is 777.